The monoisotopic (exact) mass is 259 g/mol. The molecule has 0 fully saturated rings. The minimum absolute atomic E-state index is 0.00239. The Morgan fingerprint density at radius 3 is 2.65 bits per heavy atom. The highest BCUT2D eigenvalue weighted by molar-refractivity contribution is 7.80. The highest BCUT2D eigenvalue weighted by Crippen LogP contribution is 2.09. The molecule has 0 radical (unpaired) electrons. The summed E-state index contributed by atoms with van der Waals surface area (Å²) in [6.07, 6.45) is 0.892. The molecule has 0 saturated heterocycles. The van der Waals surface area contributed by atoms with Crippen LogP contribution in [0, 0.1) is 11.6 Å². The molecule has 94 valence electrons. The minimum Gasteiger partial charge on any atom is -0.345 e. The maximum atomic E-state index is 12.9. The molecule has 1 amide bonds. The molecule has 1 aromatic rings. The summed E-state index contributed by atoms with van der Waals surface area (Å²) in [6, 6.07) is 3.78. The molecule has 2 nitrogen and oxygen atoms in total. The van der Waals surface area contributed by atoms with E-state index in [4.69, 9.17) is 0 Å². The van der Waals surface area contributed by atoms with Gasteiger partial charge in [0.05, 0.1) is 0 Å². The molecule has 17 heavy (non-hydrogen) atoms. The Hall–Kier alpha value is -1.10. The zero-order valence-corrected chi connectivity index (χ0v) is 10.5. The van der Waals surface area contributed by atoms with Gasteiger partial charge >= 0.3 is 0 Å². The number of nitrogens with zero attached hydrogens (tertiary/aromatic N) is 1. The third-order valence-corrected chi connectivity index (χ3v) is 2.69. The summed E-state index contributed by atoms with van der Waals surface area (Å²) >= 11 is 3.98. The van der Waals surface area contributed by atoms with E-state index in [9.17, 15) is 13.6 Å². The van der Waals surface area contributed by atoms with Crippen molar-refractivity contribution in [1.82, 2.24) is 4.90 Å². The quantitative estimate of drug-likeness (QED) is 0.804. The van der Waals surface area contributed by atoms with Crippen molar-refractivity contribution >= 4 is 18.5 Å². The molecule has 0 aliphatic carbocycles. The van der Waals surface area contributed by atoms with Gasteiger partial charge in [-0.05, 0) is 29.9 Å². The number of hydrogen-bond acceptors (Lipinski definition) is 2. The summed E-state index contributed by atoms with van der Waals surface area (Å²) in [5.41, 5.74) is 0.675. The van der Waals surface area contributed by atoms with E-state index >= 15 is 0 Å². The summed E-state index contributed by atoms with van der Waals surface area (Å²) in [4.78, 5) is 13.0. The number of hydrogen-bond donors (Lipinski definition) is 1. The van der Waals surface area contributed by atoms with E-state index in [0.29, 0.717) is 30.7 Å². The maximum absolute atomic E-state index is 12.9. The van der Waals surface area contributed by atoms with Crippen LogP contribution < -0.4 is 0 Å². The van der Waals surface area contributed by atoms with Gasteiger partial charge in [-0.3, -0.25) is 4.79 Å². The van der Waals surface area contributed by atoms with Crippen molar-refractivity contribution in [2.45, 2.75) is 12.8 Å². The Kier molecular flexibility index (Phi) is 5.41. The molecule has 0 unspecified atom stereocenters. The smallest absolute Gasteiger partial charge is 0.223 e. The van der Waals surface area contributed by atoms with Gasteiger partial charge in [0.2, 0.25) is 5.91 Å². The standard InChI is InChI=1S/C12H15F2NOS/c1-15(12(16)5-7-17)6-4-9-2-3-10(13)11(14)8-9/h2-3,8,17H,4-7H2,1H3. The lowest BCUT2D eigenvalue weighted by atomic mass is 10.1. The van der Waals surface area contributed by atoms with Gasteiger partial charge < -0.3 is 4.90 Å². The summed E-state index contributed by atoms with van der Waals surface area (Å²) in [5, 5.41) is 0. The van der Waals surface area contributed by atoms with Crippen LogP contribution >= 0.6 is 12.6 Å². The van der Waals surface area contributed by atoms with Gasteiger partial charge in [0, 0.05) is 20.0 Å². The van der Waals surface area contributed by atoms with E-state index < -0.39 is 11.6 Å². The Morgan fingerprint density at radius 2 is 2.06 bits per heavy atom. The number of thiol groups is 1. The first-order valence-electron chi connectivity index (χ1n) is 5.33. The molecular formula is C12H15F2NOS. The fourth-order valence-electron chi connectivity index (χ4n) is 1.40. The van der Waals surface area contributed by atoms with Crippen LogP contribution in [0.25, 0.3) is 0 Å². The first-order valence-corrected chi connectivity index (χ1v) is 5.96. The molecule has 0 heterocycles. The van der Waals surface area contributed by atoms with Crippen molar-refractivity contribution in [2.75, 3.05) is 19.3 Å². The highest BCUT2D eigenvalue weighted by atomic mass is 32.1. The second-order valence-corrected chi connectivity index (χ2v) is 4.23. The third-order valence-electron chi connectivity index (χ3n) is 2.47. The normalized spacial score (nSPS) is 10.4. The Balaban J connectivity index is 2.50. The lowest BCUT2D eigenvalue weighted by Crippen LogP contribution is -2.28. The molecular weight excluding hydrogens is 244 g/mol. The van der Waals surface area contributed by atoms with E-state index in [0.717, 1.165) is 12.1 Å². The number of halogens is 2. The second-order valence-electron chi connectivity index (χ2n) is 3.79. The molecule has 0 bridgehead atoms. The van der Waals surface area contributed by atoms with Crippen LogP contribution in [0.4, 0.5) is 8.78 Å². The largest absolute Gasteiger partial charge is 0.345 e. The lowest BCUT2D eigenvalue weighted by molar-refractivity contribution is -0.129. The molecule has 0 N–H and O–H groups in total. The van der Waals surface area contributed by atoms with Crippen LogP contribution in [-0.4, -0.2) is 30.2 Å². The fourth-order valence-corrected chi connectivity index (χ4v) is 1.59. The molecule has 1 rings (SSSR count). The van der Waals surface area contributed by atoms with Gasteiger partial charge in [0.1, 0.15) is 0 Å². The van der Waals surface area contributed by atoms with Crippen molar-refractivity contribution in [1.29, 1.82) is 0 Å². The topological polar surface area (TPSA) is 20.3 Å². The first-order chi connectivity index (χ1) is 8.04. The van der Waals surface area contributed by atoms with Gasteiger partial charge in [-0.25, -0.2) is 8.78 Å². The second kappa shape index (κ2) is 6.59. The molecule has 0 aliphatic heterocycles. The van der Waals surface area contributed by atoms with Crippen LogP contribution in [0.5, 0.6) is 0 Å². The molecule has 1 aromatic carbocycles. The number of carbonyl (C=O) groups excluding carboxylic acids is 1. The molecule has 5 heteroatoms. The molecule has 0 aliphatic rings. The van der Waals surface area contributed by atoms with Crippen LogP contribution in [0.3, 0.4) is 0 Å². The lowest BCUT2D eigenvalue weighted by Gasteiger charge is -2.16. The van der Waals surface area contributed by atoms with E-state index in [1.54, 1.807) is 11.9 Å². The van der Waals surface area contributed by atoms with Crippen molar-refractivity contribution < 1.29 is 13.6 Å². The molecule has 0 saturated carbocycles. The van der Waals surface area contributed by atoms with Crippen molar-refractivity contribution in [3.63, 3.8) is 0 Å². The van der Waals surface area contributed by atoms with Gasteiger partial charge in [-0.15, -0.1) is 0 Å². The van der Waals surface area contributed by atoms with Crippen molar-refractivity contribution in [3.05, 3.63) is 35.4 Å². The average Bonchev–Trinajstić information content (AvgIpc) is 2.30. The Labute approximate surface area is 105 Å². The van der Waals surface area contributed by atoms with Crippen LogP contribution in [0.15, 0.2) is 18.2 Å². The zero-order chi connectivity index (χ0) is 12.8. The number of amides is 1. The zero-order valence-electron chi connectivity index (χ0n) is 9.62. The van der Waals surface area contributed by atoms with E-state index in [1.165, 1.54) is 6.07 Å². The van der Waals surface area contributed by atoms with Gasteiger partial charge in [0.15, 0.2) is 11.6 Å². The molecule has 0 atom stereocenters. The maximum Gasteiger partial charge on any atom is 0.223 e. The number of rotatable bonds is 5. The van der Waals surface area contributed by atoms with E-state index in [-0.39, 0.29) is 5.91 Å². The van der Waals surface area contributed by atoms with E-state index in [2.05, 4.69) is 12.6 Å². The summed E-state index contributed by atoms with van der Waals surface area (Å²) in [6.45, 7) is 0.484. The van der Waals surface area contributed by atoms with Crippen LogP contribution in [-0.2, 0) is 11.2 Å². The predicted molar refractivity (Wildman–Crippen MR) is 66.2 cm³/mol. The Morgan fingerprint density at radius 1 is 1.35 bits per heavy atom. The summed E-state index contributed by atoms with van der Waals surface area (Å²) < 4.78 is 25.6. The van der Waals surface area contributed by atoms with Gasteiger partial charge in [-0.1, -0.05) is 6.07 Å². The SMILES string of the molecule is CN(CCc1ccc(F)c(F)c1)C(=O)CCS. The molecule has 0 spiro atoms. The van der Waals surface area contributed by atoms with Crippen LogP contribution in [0.2, 0.25) is 0 Å². The Bertz CT molecular complexity index is 398. The summed E-state index contributed by atoms with van der Waals surface area (Å²) in [5.74, 6) is -1.20. The minimum atomic E-state index is -0.855. The number of carbonyl (C=O) groups is 1. The predicted octanol–water partition coefficient (Wildman–Crippen LogP) is 2.29. The van der Waals surface area contributed by atoms with Crippen molar-refractivity contribution in [3.8, 4) is 0 Å². The number of benzene rings is 1. The fraction of sp³-hybridized carbons (Fsp3) is 0.417. The number of likely N-dealkylation sites (N-methyl/N-ethyl adjacent to an activating group) is 1. The highest BCUT2D eigenvalue weighted by Gasteiger charge is 2.08. The third kappa shape index (κ3) is 4.34. The van der Waals surface area contributed by atoms with Gasteiger partial charge in [-0.2, -0.15) is 12.6 Å². The molecule has 0 aromatic heterocycles. The van der Waals surface area contributed by atoms with Crippen molar-refractivity contribution in [2.24, 2.45) is 0 Å². The van der Waals surface area contributed by atoms with Gasteiger partial charge in [0.25, 0.3) is 0 Å². The first kappa shape index (κ1) is 14.0. The average molecular weight is 259 g/mol. The van der Waals surface area contributed by atoms with Crippen LogP contribution in [0.1, 0.15) is 12.0 Å². The van der Waals surface area contributed by atoms with E-state index in [1.807, 2.05) is 0 Å². The summed E-state index contributed by atoms with van der Waals surface area (Å²) in [7, 11) is 1.69.